The van der Waals surface area contributed by atoms with Gasteiger partial charge in [-0.2, -0.15) is 4.68 Å². The highest BCUT2D eigenvalue weighted by Gasteiger charge is 2.33. The maximum atomic E-state index is 5.94. The quantitative estimate of drug-likeness (QED) is 0.845. The Hall–Kier alpha value is -1.95. The Kier molecular flexibility index (Phi) is 3.41. The van der Waals surface area contributed by atoms with Gasteiger partial charge >= 0.3 is 0 Å². The van der Waals surface area contributed by atoms with Gasteiger partial charge in [0, 0.05) is 13.1 Å². The Morgan fingerprint density at radius 1 is 1.24 bits per heavy atom. The zero-order valence-electron chi connectivity index (χ0n) is 12.9. The number of anilines is 1. The van der Waals surface area contributed by atoms with Crippen molar-refractivity contribution in [1.82, 2.24) is 20.2 Å². The van der Waals surface area contributed by atoms with Crippen molar-refractivity contribution in [3.05, 3.63) is 29.8 Å². The number of rotatable bonds is 2. The van der Waals surface area contributed by atoms with Crippen LogP contribution in [-0.2, 0) is 4.74 Å². The van der Waals surface area contributed by atoms with E-state index in [1.807, 2.05) is 12.1 Å². The van der Waals surface area contributed by atoms with E-state index in [2.05, 4.69) is 60.3 Å². The molecule has 3 rings (SSSR count). The molecule has 0 aliphatic carbocycles. The van der Waals surface area contributed by atoms with Crippen LogP contribution in [0.2, 0.25) is 0 Å². The van der Waals surface area contributed by atoms with Crippen LogP contribution in [0.1, 0.15) is 26.3 Å². The van der Waals surface area contributed by atoms with Crippen LogP contribution in [0.4, 0.5) is 5.95 Å². The second-order valence-corrected chi connectivity index (χ2v) is 6.29. The number of aromatic nitrogens is 4. The third-order valence-corrected chi connectivity index (χ3v) is 3.58. The molecule has 1 aliphatic rings. The molecule has 21 heavy (non-hydrogen) atoms. The summed E-state index contributed by atoms with van der Waals surface area (Å²) in [5, 5.41) is 12.2. The average Bonchev–Trinajstić information content (AvgIpc) is 2.86. The Bertz CT molecular complexity index is 619. The molecule has 1 aliphatic heterocycles. The minimum absolute atomic E-state index is 0.150. The molecule has 0 bridgehead atoms. The molecule has 112 valence electrons. The smallest absolute Gasteiger partial charge is 0.250 e. The SMILES string of the molecule is Cc1ccc(-n2nnnc2N2CC(C)OC(C)(C)C2)cc1. The number of nitrogens with zero attached hydrogens (tertiary/aromatic N) is 5. The zero-order chi connectivity index (χ0) is 15.0. The molecule has 0 radical (unpaired) electrons. The molecule has 1 aromatic heterocycles. The van der Waals surface area contributed by atoms with Gasteiger partial charge in [-0.1, -0.05) is 22.8 Å². The molecule has 0 amide bonds. The van der Waals surface area contributed by atoms with Crippen LogP contribution >= 0.6 is 0 Å². The lowest BCUT2D eigenvalue weighted by molar-refractivity contribution is -0.0754. The fraction of sp³-hybridized carbons (Fsp3) is 0.533. The summed E-state index contributed by atoms with van der Waals surface area (Å²) in [5.74, 6) is 0.766. The molecule has 1 fully saturated rings. The molecule has 1 saturated heterocycles. The number of aryl methyl sites for hydroxylation is 1. The summed E-state index contributed by atoms with van der Waals surface area (Å²) in [6.07, 6.45) is 0.150. The summed E-state index contributed by atoms with van der Waals surface area (Å²) < 4.78 is 7.73. The predicted molar refractivity (Wildman–Crippen MR) is 80.7 cm³/mol. The highest BCUT2D eigenvalue weighted by atomic mass is 16.5. The van der Waals surface area contributed by atoms with Gasteiger partial charge in [-0.25, -0.2) is 0 Å². The van der Waals surface area contributed by atoms with Gasteiger partial charge in [0.05, 0.1) is 17.4 Å². The summed E-state index contributed by atoms with van der Waals surface area (Å²) in [5.41, 5.74) is 1.98. The number of hydrogen-bond acceptors (Lipinski definition) is 5. The Balaban J connectivity index is 1.93. The van der Waals surface area contributed by atoms with Crippen molar-refractivity contribution in [2.24, 2.45) is 0 Å². The largest absolute Gasteiger partial charge is 0.369 e. The predicted octanol–water partition coefficient (Wildman–Crippen LogP) is 1.97. The summed E-state index contributed by atoms with van der Waals surface area (Å²) in [7, 11) is 0. The second kappa shape index (κ2) is 5.11. The van der Waals surface area contributed by atoms with E-state index in [0.717, 1.165) is 24.7 Å². The topological polar surface area (TPSA) is 56.1 Å². The van der Waals surface area contributed by atoms with Crippen LogP contribution in [0, 0.1) is 6.92 Å². The minimum Gasteiger partial charge on any atom is -0.369 e. The monoisotopic (exact) mass is 287 g/mol. The average molecular weight is 287 g/mol. The highest BCUT2D eigenvalue weighted by molar-refractivity contribution is 5.42. The van der Waals surface area contributed by atoms with Crippen LogP contribution in [0.25, 0.3) is 5.69 Å². The van der Waals surface area contributed by atoms with E-state index in [9.17, 15) is 0 Å². The van der Waals surface area contributed by atoms with Gasteiger partial charge in [0.25, 0.3) is 5.95 Å². The van der Waals surface area contributed by atoms with Crippen LogP contribution in [0.15, 0.2) is 24.3 Å². The molecule has 6 heteroatoms. The van der Waals surface area contributed by atoms with Gasteiger partial charge in [-0.05, 0) is 50.3 Å². The van der Waals surface area contributed by atoms with Crippen molar-refractivity contribution in [3.8, 4) is 5.69 Å². The lowest BCUT2D eigenvalue weighted by atomic mass is 10.1. The Labute approximate surface area is 124 Å². The molecular formula is C15H21N5O. The highest BCUT2D eigenvalue weighted by Crippen LogP contribution is 2.25. The van der Waals surface area contributed by atoms with Crippen molar-refractivity contribution in [2.45, 2.75) is 39.4 Å². The molecule has 0 N–H and O–H groups in total. The van der Waals surface area contributed by atoms with Crippen LogP contribution in [0.5, 0.6) is 0 Å². The number of ether oxygens (including phenoxy) is 1. The maximum absolute atomic E-state index is 5.94. The van der Waals surface area contributed by atoms with Crippen molar-refractivity contribution >= 4 is 5.95 Å². The second-order valence-electron chi connectivity index (χ2n) is 6.29. The first-order valence-corrected chi connectivity index (χ1v) is 7.23. The summed E-state index contributed by atoms with van der Waals surface area (Å²) in [6.45, 7) is 9.88. The molecule has 0 saturated carbocycles. The van der Waals surface area contributed by atoms with E-state index in [1.165, 1.54) is 5.56 Å². The maximum Gasteiger partial charge on any atom is 0.250 e. The fourth-order valence-corrected chi connectivity index (χ4v) is 2.84. The number of morpholine rings is 1. The van der Waals surface area contributed by atoms with Crippen molar-refractivity contribution < 1.29 is 4.74 Å². The Morgan fingerprint density at radius 3 is 2.62 bits per heavy atom. The van der Waals surface area contributed by atoms with Gasteiger partial charge in [-0.15, -0.1) is 0 Å². The number of hydrogen-bond donors (Lipinski definition) is 0. The summed E-state index contributed by atoms with van der Waals surface area (Å²) >= 11 is 0. The lowest BCUT2D eigenvalue weighted by Crippen LogP contribution is -2.52. The van der Waals surface area contributed by atoms with Crippen LogP contribution in [0.3, 0.4) is 0 Å². The van der Waals surface area contributed by atoms with Gasteiger partial charge in [0.15, 0.2) is 0 Å². The summed E-state index contributed by atoms with van der Waals surface area (Å²) in [4.78, 5) is 2.19. The van der Waals surface area contributed by atoms with E-state index >= 15 is 0 Å². The molecule has 0 spiro atoms. The van der Waals surface area contributed by atoms with Gasteiger partial charge in [-0.3, -0.25) is 0 Å². The number of tetrazole rings is 1. The summed E-state index contributed by atoms with van der Waals surface area (Å²) in [6, 6.07) is 8.19. The van der Waals surface area contributed by atoms with Crippen molar-refractivity contribution in [1.29, 1.82) is 0 Å². The molecule has 2 heterocycles. The van der Waals surface area contributed by atoms with E-state index in [1.54, 1.807) is 4.68 Å². The molecule has 2 aromatic rings. The molecule has 1 atom stereocenters. The minimum atomic E-state index is -0.207. The first kappa shape index (κ1) is 14.0. The Morgan fingerprint density at radius 2 is 1.95 bits per heavy atom. The third-order valence-electron chi connectivity index (χ3n) is 3.58. The third kappa shape index (κ3) is 2.90. The van der Waals surface area contributed by atoms with Gasteiger partial charge in [0.1, 0.15) is 0 Å². The van der Waals surface area contributed by atoms with Crippen LogP contribution in [-0.4, -0.2) is 45.0 Å². The van der Waals surface area contributed by atoms with Crippen LogP contribution < -0.4 is 4.90 Å². The first-order chi connectivity index (χ1) is 9.94. The van der Waals surface area contributed by atoms with E-state index < -0.39 is 0 Å². The molecule has 1 unspecified atom stereocenters. The molecule has 1 aromatic carbocycles. The normalized spacial score (nSPS) is 21.5. The standard InChI is InChI=1S/C15H21N5O/c1-11-5-7-13(8-6-11)20-14(16-17-18-20)19-9-12(2)21-15(3,4)10-19/h5-8,12H,9-10H2,1-4H3. The van der Waals surface area contributed by atoms with E-state index in [4.69, 9.17) is 4.74 Å². The fourth-order valence-electron chi connectivity index (χ4n) is 2.84. The zero-order valence-corrected chi connectivity index (χ0v) is 12.9. The first-order valence-electron chi connectivity index (χ1n) is 7.23. The van der Waals surface area contributed by atoms with E-state index in [0.29, 0.717) is 0 Å². The lowest BCUT2D eigenvalue weighted by Gasteiger charge is -2.41. The molecular weight excluding hydrogens is 266 g/mol. The van der Waals surface area contributed by atoms with Crippen molar-refractivity contribution in [3.63, 3.8) is 0 Å². The van der Waals surface area contributed by atoms with E-state index in [-0.39, 0.29) is 11.7 Å². The van der Waals surface area contributed by atoms with Gasteiger partial charge < -0.3 is 9.64 Å². The van der Waals surface area contributed by atoms with Gasteiger partial charge in [0.2, 0.25) is 0 Å². The number of benzene rings is 1. The van der Waals surface area contributed by atoms with Crippen molar-refractivity contribution in [2.75, 3.05) is 18.0 Å². The molecule has 6 nitrogen and oxygen atoms in total.